The number of ether oxygens (including phenoxy) is 2. The highest BCUT2D eigenvalue weighted by molar-refractivity contribution is 9.10. The van der Waals surface area contributed by atoms with E-state index >= 15 is 0 Å². The fourth-order valence-electron chi connectivity index (χ4n) is 3.26. The fraction of sp³-hybridized carbons (Fsp3) is 0.300. The first-order valence-corrected chi connectivity index (χ1v) is 9.30. The number of carboxylic acid groups (broad SMARTS) is 1. The number of methoxy groups -OCH3 is 1. The summed E-state index contributed by atoms with van der Waals surface area (Å²) in [5.41, 5.74) is 1.69. The minimum absolute atomic E-state index is 0.108. The number of hydrogen-bond acceptors (Lipinski definition) is 4. The lowest BCUT2D eigenvalue weighted by atomic mass is 9.89. The summed E-state index contributed by atoms with van der Waals surface area (Å²) >= 11 is 3.48. The third kappa shape index (κ3) is 4.42. The van der Waals surface area contributed by atoms with E-state index in [1.54, 1.807) is 13.2 Å². The van der Waals surface area contributed by atoms with Gasteiger partial charge in [0.2, 0.25) is 0 Å². The van der Waals surface area contributed by atoms with Crippen LogP contribution in [0.15, 0.2) is 53.0 Å². The largest absolute Gasteiger partial charge is 0.497 e. The normalized spacial score (nSPS) is 19.0. The molecule has 0 aliphatic carbocycles. The number of hydrogen-bond donors (Lipinski definition) is 1. The molecule has 2 aromatic carbocycles. The van der Waals surface area contributed by atoms with Crippen LogP contribution in [0.1, 0.15) is 17.0 Å². The highest BCUT2D eigenvalue weighted by Gasteiger charge is 2.42. The van der Waals surface area contributed by atoms with Gasteiger partial charge in [0, 0.05) is 23.5 Å². The van der Waals surface area contributed by atoms with Gasteiger partial charge in [-0.1, -0.05) is 46.3 Å². The van der Waals surface area contributed by atoms with E-state index in [0.717, 1.165) is 15.6 Å². The molecular formula is C20H20BrNO5. The summed E-state index contributed by atoms with van der Waals surface area (Å²) in [5.74, 6) is -1.36. The van der Waals surface area contributed by atoms with Crippen molar-refractivity contribution in [2.75, 3.05) is 20.2 Å². The first-order chi connectivity index (χ1) is 13.0. The molecule has 1 aliphatic heterocycles. The lowest BCUT2D eigenvalue weighted by molar-refractivity contribution is -0.141. The molecule has 0 saturated carbocycles. The Labute approximate surface area is 165 Å². The molecular weight excluding hydrogens is 414 g/mol. The second-order valence-corrected chi connectivity index (χ2v) is 7.24. The molecule has 2 aromatic rings. The van der Waals surface area contributed by atoms with Crippen LogP contribution in [0, 0.1) is 5.92 Å². The van der Waals surface area contributed by atoms with Crippen LogP contribution >= 0.6 is 15.9 Å². The molecule has 1 aliphatic rings. The van der Waals surface area contributed by atoms with Crippen molar-refractivity contribution in [1.29, 1.82) is 0 Å². The third-order valence-electron chi connectivity index (χ3n) is 4.70. The van der Waals surface area contributed by atoms with E-state index in [1.807, 2.05) is 42.5 Å². The second-order valence-electron chi connectivity index (χ2n) is 6.38. The smallest absolute Gasteiger partial charge is 0.410 e. The van der Waals surface area contributed by atoms with Crippen LogP contribution in [-0.4, -0.2) is 42.3 Å². The maximum atomic E-state index is 12.4. The number of carbonyl (C=O) groups excluding carboxylic acids is 1. The third-order valence-corrected chi connectivity index (χ3v) is 5.43. The minimum Gasteiger partial charge on any atom is -0.497 e. The highest BCUT2D eigenvalue weighted by Crippen LogP contribution is 2.38. The molecule has 1 heterocycles. The number of benzene rings is 2. The second kappa shape index (κ2) is 8.43. The molecule has 3 rings (SSSR count). The molecule has 1 N–H and O–H groups in total. The molecule has 0 spiro atoms. The molecule has 2 atom stereocenters. The fourth-order valence-corrected chi connectivity index (χ4v) is 3.80. The molecule has 2 unspecified atom stereocenters. The van der Waals surface area contributed by atoms with Gasteiger partial charge in [-0.05, 0) is 29.3 Å². The highest BCUT2D eigenvalue weighted by atomic mass is 79.9. The predicted octanol–water partition coefficient (Wildman–Crippen LogP) is 3.89. The van der Waals surface area contributed by atoms with Gasteiger partial charge in [0.05, 0.1) is 13.0 Å². The summed E-state index contributed by atoms with van der Waals surface area (Å²) < 4.78 is 11.4. The molecule has 1 fully saturated rings. The van der Waals surface area contributed by atoms with E-state index in [4.69, 9.17) is 9.47 Å². The zero-order chi connectivity index (χ0) is 19.4. The quantitative estimate of drug-likeness (QED) is 0.773. The van der Waals surface area contributed by atoms with Crippen molar-refractivity contribution >= 4 is 28.0 Å². The minimum atomic E-state index is -0.937. The van der Waals surface area contributed by atoms with Crippen molar-refractivity contribution < 1.29 is 24.2 Å². The maximum Gasteiger partial charge on any atom is 0.410 e. The topological polar surface area (TPSA) is 76.1 Å². The van der Waals surface area contributed by atoms with Gasteiger partial charge in [-0.2, -0.15) is 0 Å². The number of halogens is 1. The van der Waals surface area contributed by atoms with Crippen LogP contribution in [0.3, 0.4) is 0 Å². The molecule has 1 saturated heterocycles. The summed E-state index contributed by atoms with van der Waals surface area (Å²) in [7, 11) is 1.56. The van der Waals surface area contributed by atoms with Gasteiger partial charge in [0.1, 0.15) is 12.4 Å². The van der Waals surface area contributed by atoms with Crippen LogP contribution in [-0.2, 0) is 16.1 Å². The van der Waals surface area contributed by atoms with Gasteiger partial charge in [-0.3, -0.25) is 4.79 Å². The van der Waals surface area contributed by atoms with E-state index < -0.39 is 18.0 Å². The number of aliphatic carboxylic acids is 1. The number of nitrogens with zero attached hydrogens (tertiary/aromatic N) is 1. The molecule has 27 heavy (non-hydrogen) atoms. The predicted molar refractivity (Wildman–Crippen MR) is 103 cm³/mol. The van der Waals surface area contributed by atoms with Crippen LogP contribution in [0.2, 0.25) is 0 Å². The van der Waals surface area contributed by atoms with Crippen LogP contribution < -0.4 is 4.74 Å². The average molecular weight is 434 g/mol. The maximum absolute atomic E-state index is 12.4. The molecule has 0 bridgehead atoms. The van der Waals surface area contributed by atoms with Gasteiger partial charge in [-0.25, -0.2) is 4.79 Å². The Bertz CT molecular complexity index is 826. The number of rotatable bonds is 5. The van der Waals surface area contributed by atoms with Gasteiger partial charge >= 0.3 is 12.1 Å². The van der Waals surface area contributed by atoms with Crippen molar-refractivity contribution in [3.63, 3.8) is 0 Å². The SMILES string of the molecule is COc1ccc(Br)c(C2CN(C(=O)OCc3ccccc3)CC2C(=O)O)c1. The van der Waals surface area contributed by atoms with Crippen molar-refractivity contribution in [3.05, 3.63) is 64.1 Å². The van der Waals surface area contributed by atoms with Crippen molar-refractivity contribution in [1.82, 2.24) is 4.90 Å². The van der Waals surface area contributed by atoms with E-state index in [1.165, 1.54) is 4.90 Å². The molecule has 142 valence electrons. The summed E-state index contributed by atoms with van der Waals surface area (Å²) in [5, 5.41) is 9.64. The van der Waals surface area contributed by atoms with E-state index in [-0.39, 0.29) is 25.6 Å². The summed E-state index contributed by atoms with van der Waals surface area (Å²) in [6.45, 7) is 0.537. The lowest BCUT2D eigenvalue weighted by Gasteiger charge is -2.18. The average Bonchev–Trinajstić information content (AvgIpc) is 3.13. The number of amides is 1. The molecule has 6 nitrogen and oxygen atoms in total. The van der Waals surface area contributed by atoms with Crippen LogP contribution in [0.5, 0.6) is 5.75 Å². The number of likely N-dealkylation sites (tertiary alicyclic amines) is 1. The van der Waals surface area contributed by atoms with E-state index in [9.17, 15) is 14.7 Å². The Morgan fingerprint density at radius 3 is 2.59 bits per heavy atom. The van der Waals surface area contributed by atoms with Gasteiger partial charge in [0.15, 0.2) is 0 Å². The zero-order valence-corrected chi connectivity index (χ0v) is 16.4. The summed E-state index contributed by atoms with van der Waals surface area (Å²) in [6.07, 6.45) is -0.508. The van der Waals surface area contributed by atoms with Crippen molar-refractivity contribution in [2.45, 2.75) is 12.5 Å². The zero-order valence-electron chi connectivity index (χ0n) is 14.8. The van der Waals surface area contributed by atoms with Gasteiger partial charge in [0.25, 0.3) is 0 Å². The van der Waals surface area contributed by atoms with Crippen molar-refractivity contribution in [3.8, 4) is 5.75 Å². The van der Waals surface area contributed by atoms with Gasteiger partial charge < -0.3 is 19.5 Å². The molecule has 0 aromatic heterocycles. The Balaban J connectivity index is 1.75. The standard InChI is InChI=1S/C20H20BrNO5/c1-26-14-7-8-18(21)15(9-14)16-10-22(11-17(16)19(23)24)20(25)27-12-13-5-3-2-4-6-13/h2-9,16-17H,10-12H2,1H3,(H,23,24). The number of carbonyl (C=O) groups is 2. The Morgan fingerprint density at radius 1 is 1.19 bits per heavy atom. The first-order valence-electron chi connectivity index (χ1n) is 8.51. The molecule has 1 amide bonds. The Morgan fingerprint density at radius 2 is 1.93 bits per heavy atom. The molecule has 0 radical (unpaired) electrons. The van der Waals surface area contributed by atoms with Crippen LogP contribution in [0.25, 0.3) is 0 Å². The Kier molecular flexibility index (Phi) is 6.01. The monoisotopic (exact) mass is 433 g/mol. The number of carboxylic acids is 1. The van der Waals surface area contributed by atoms with E-state index in [2.05, 4.69) is 15.9 Å². The lowest BCUT2D eigenvalue weighted by Crippen LogP contribution is -2.30. The summed E-state index contributed by atoms with van der Waals surface area (Å²) in [6, 6.07) is 14.8. The Hall–Kier alpha value is -2.54. The first kappa shape index (κ1) is 19.2. The van der Waals surface area contributed by atoms with E-state index in [0.29, 0.717) is 5.75 Å². The van der Waals surface area contributed by atoms with Crippen LogP contribution in [0.4, 0.5) is 4.79 Å². The van der Waals surface area contributed by atoms with Crippen molar-refractivity contribution in [2.24, 2.45) is 5.92 Å². The summed E-state index contributed by atoms with van der Waals surface area (Å²) in [4.78, 5) is 25.7. The van der Waals surface area contributed by atoms with Gasteiger partial charge in [-0.15, -0.1) is 0 Å². The molecule has 7 heteroatoms.